The molecule has 0 heterocycles. The topological polar surface area (TPSA) is 60.4 Å². The third-order valence-corrected chi connectivity index (χ3v) is 4.93. The number of carbonyl (C=O) groups is 1. The van der Waals surface area contributed by atoms with E-state index in [2.05, 4.69) is 0 Å². The highest BCUT2D eigenvalue weighted by molar-refractivity contribution is 7.90. The van der Waals surface area contributed by atoms with E-state index in [0.29, 0.717) is 11.6 Å². The molecule has 0 fully saturated rings. The molecule has 4 nitrogen and oxygen atoms in total. The Morgan fingerprint density at radius 3 is 2.43 bits per heavy atom. The highest BCUT2D eigenvalue weighted by Gasteiger charge is 2.23. The average Bonchev–Trinajstić information content (AvgIpc) is 2.49. The lowest BCUT2D eigenvalue weighted by Gasteiger charge is -2.11. The second kappa shape index (κ2) is 6.45. The van der Waals surface area contributed by atoms with Crippen molar-refractivity contribution in [2.75, 3.05) is 7.11 Å². The SMILES string of the molecule is COc1ccc(C(C)=O)cc1CS(=O)(=O)c1cc(F)ccc1F. The van der Waals surface area contributed by atoms with E-state index in [4.69, 9.17) is 4.74 Å². The fourth-order valence-electron chi connectivity index (χ4n) is 2.11. The van der Waals surface area contributed by atoms with Crippen molar-refractivity contribution in [1.82, 2.24) is 0 Å². The molecule has 2 aromatic carbocycles. The van der Waals surface area contributed by atoms with Crippen LogP contribution in [0.25, 0.3) is 0 Å². The first kappa shape index (κ1) is 17.1. The second-order valence-corrected chi connectivity index (χ2v) is 6.87. The van der Waals surface area contributed by atoms with Crippen molar-refractivity contribution < 1.29 is 26.7 Å². The van der Waals surface area contributed by atoms with Crippen LogP contribution in [0, 0.1) is 11.6 Å². The molecule has 2 rings (SSSR count). The van der Waals surface area contributed by atoms with Crippen LogP contribution in [0.15, 0.2) is 41.3 Å². The van der Waals surface area contributed by atoms with Gasteiger partial charge < -0.3 is 4.74 Å². The van der Waals surface area contributed by atoms with Crippen molar-refractivity contribution in [2.45, 2.75) is 17.6 Å². The minimum Gasteiger partial charge on any atom is -0.496 e. The Balaban J connectivity index is 2.50. The summed E-state index contributed by atoms with van der Waals surface area (Å²) in [5.41, 5.74) is 0.500. The quantitative estimate of drug-likeness (QED) is 0.785. The molecule has 7 heteroatoms. The van der Waals surface area contributed by atoms with E-state index in [1.807, 2.05) is 0 Å². The van der Waals surface area contributed by atoms with E-state index >= 15 is 0 Å². The molecule has 0 aliphatic carbocycles. The highest BCUT2D eigenvalue weighted by Crippen LogP contribution is 2.27. The number of methoxy groups -OCH3 is 1. The van der Waals surface area contributed by atoms with Gasteiger partial charge in [0.1, 0.15) is 22.3 Å². The van der Waals surface area contributed by atoms with Gasteiger partial charge in [-0.3, -0.25) is 4.79 Å². The number of hydrogen-bond acceptors (Lipinski definition) is 4. The number of ether oxygens (including phenoxy) is 1. The molecule has 0 bridgehead atoms. The summed E-state index contributed by atoms with van der Waals surface area (Å²) in [5.74, 6) is -2.50. The van der Waals surface area contributed by atoms with Gasteiger partial charge in [-0.2, -0.15) is 0 Å². The molecule has 0 N–H and O–H groups in total. The molecule has 122 valence electrons. The number of ketones is 1. The van der Waals surface area contributed by atoms with Gasteiger partial charge in [-0.05, 0) is 43.3 Å². The van der Waals surface area contributed by atoms with E-state index in [0.717, 1.165) is 12.1 Å². The molecule has 0 aliphatic rings. The summed E-state index contributed by atoms with van der Waals surface area (Å²) in [6.45, 7) is 1.34. The molecular weight excluding hydrogens is 326 g/mol. The van der Waals surface area contributed by atoms with Crippen LogP contribution in [0.2, 0.25) is 0 Å². The van der Waals surface area contributed by atoms with Gasteiger partial charge in [0, 0.05) is 11.1 Å². The smallest absolute Gasteiger partial charge is 0.185 e. The van der Waals surface area contributed by atoms with Crippen molar-refractivity contribution in [2.24, 2.45) is 0 Å². The summed E-state index contributed by atoms with van der Waals surface area (Å²) in [6, 6.07) is 6.56. The lowest BCUT2D eigenvalue weighted by Crippen LogP contribution is -2.09. The molecule has 0 unspecified atom stereocenters. The third kappa shape index (κ3) is 3.73. The van der Waals surface area contributed by atoms with Crippen LogP contribution in [-0.2, 0) is 15.6 Å². The molecule has 0 atom stereocenters. The van der Waals surface area contributed by atoms with Crippen LogP contribution < -0.4 is 4.74 Å². The molecule has 23 heavy (non-hydrogen) atoms. The first-order chi connectivity index (χ1) is 10.7. The van der Waals surface area contributed by atoms with Crippen LogP contribution in [0.1, 0.15) is 22.8 Å². The van der Waals surface area contributed by atoms with Crippen LogP contribution in [0.5, 0.6) is 5.75 Å². The van der Waals surface area contributed by atoms with Crippen LogP contribution in [-0.4, -0.2) is 21.3 Å². The van der Waals surface area contributed by atoms with Crippen molar-refractivity contribution in [3.05, 3.63) is 59.2 Å². The minimum atomic E-state index is -4.15. The fraction of sp³-hybridized carbons (Fsp3) is 0.188. The Morgan fingerprint density at radius 1 is 1.13 bits per heavy atom. The Morgan fingerprint density at radius 2 is 1.83 bits per heavy atom. The molecular formula is C16H14F2O4S. The Hall–Kier alpha value is -2.28. The normalized spacial score (nSPS) is 11.3. The number of carbonyl (C=O) groups excluding carboxylic acids is 1. The van der Waals surface area contributed by atoms with Crippen molar-refractivity contribution >= 4 is 15.6 Å². The summed E-state index contributed by atoms with van der Waals surface area (Å²) in [6.07, 6.45) is 0. The molecule has 0 saturated carbocycles. The van der Waals surface area contributed by atoms with Gasteiger partial charge in [0.15, 0.2) is 15.6 Å². The lowest BCUT2D eigenvalue weighted by atomic mass is 10.1. The van der Waals surface area contributed by atoms with Gasteiger partial charge in [0.25, 0.3) is 0 Å². The predicted molar refractivity (Wildman–Crippen MR) is 80.2 cm³/mol. The maximum Gasteiger partial charge on any atom is 0.185 e. The van der Waals surface area contributed by atoms with E-state index in [1.165, 1.54) is 32.2 Å². The van der Waals surface area contributed by atoms with Gasteiger partial charge in [0.05, 0.1) is 12.9 Å². The Kier molecular flexibility index (Phi) is 4.79. The van der Waals surface area contributed by atoms with Gasteiger partial charge in [-0.1, -0.05) is 0 Å². The van der Waals surface area contributed by atoms with Crippen LogP contribution >= 0.6 is 0 Å². The summed E-state index contributed by atoms with van der Waals surface area (Å²) in [7, 11) is -2.80. The summed E-state index contributed by atoms with van der Waals surface area (Å²) in [4.78, 5) is 10.7. The number of Topliss-reactive ketones (excluding diaryl/α,β-unsaturated/α-hetero) is 1. The second-order valence-electron chi connectivity index (χ2n) is 4.92. The largest absolute Gasteiger partial charge is 0.496 e. The minimum absolute atomic E-state index is 0.198. The van der Waals surface area contributed by atoms with Crippen molar-refractivity contribution in [3.8, 4) is 5.75 Å². The number of hydrogen-bond donors (Lipinski definition) is 0. The number of benzene rings is 2. The molecule has 0 aromatic heterocycles. The van der Waals surface area contributed by atoms with E-state index < -0.39 is 32.1 Å². The predicted octanol–water partition coefficient (Wildman–Crippen LogP) is 3.15. The standard InChI is InChI=1S/C16H14F2O4S/c1-10(19)11-3-6-15(22-2)12(7-11)9-23(20,21)16-8-13(17)4-5-14(16)18/h3-8H,9H2,1-2H3. The average molecular weight is 340 g/mol. The molecule has 0 aliphatic heterocycles. The van der Waals surface area contributed by atoms with Gasteiger partial charge in [-0.25, -0.2) is 17.2 Å². The van der Waals surface area contributed by atoms with Crippen molar-refractivity contribution in [3.63, 3.8) is 0 Å². The van der Waals surface area contributed by atoms with Crippen molar-refractivity contribution in [1.29, 1.82) is 0 Å². The fourth-order valence-corrected chi connectivity index (χ4v) is 3.56. The highest BCUT2D eigenvalue weighted by atomic mass is 32.2. The van der Waals surface area contributed by atoms with E-state index in [9.17, 15) is 22.0 Å². The van der Waals surface area contributed by atoms with Gasteiger partial charge in [0.2, 0.25) is 0 Å². The number of sulfone groups is 1. The number of rotatable bonds is 5. The summed E-state index contributed by atoms with van der Waals surface area (Å²) >= 11 is 0. The first-order valence-corrected chi connectivity index (χ1v) is 8.25. The Labute approximate surface area is 132 Å². The zero-order valence-corrected chi connectivity index (χ0v) is 13.3. The molecule has 0 saturated heterocycles. The molecule has 0 spiro atoms. The number of halogens is 2. The Bertz CT molecular complexity index is 860. The maximum atomic E-state index is 13.7. The first-order valence-electron chi connectivity index (χ1n) is 6.60. The summed E-state index contributed by atoms with van der Waals surface area (Å²) in [5, 5.41) is 0. The van der Waals surface area contributed by atoms with E-state index in [1.54, 1.807) is 0 Å². The monoisotopic (exact) mass is 340 g/mol. The van der Waals surface area contributed by atoms with E-state index in [-0.39, 0.29) is 17.1 Å². The maximum absolute atomic E-state index is 13.7. The third-order valence-electron chi connectivity index (χ3n) is 3.26. The molecule has 2 aromatic rings. The van der Waals surface area contributed by atoms with Gasteiger partial charge >= 0.3 is 0 Å². The summed E-state index contributed by atoms with van der Waals surface area (Å²) < 4.78 is 56.8. The van der Waals surface area contributed by atoms with Gasteiger partial charge in [-0.15, -0.1) is 0 Å². The molecule has 0 amide bonds. The van der Waals surface area contributed by atoms with Crippen LogP contribution in [0.4, 0.5) is 8.78 Å². The lowest BCUT2D eigenvalue weighted by molar-refractivity contribution is 0.101. The van der Waals surface area contributed by atoms with Crippen LogP contribution in [0.3, 0.4) is 0 Å². The zero-order valence-electron chi connectivity index (χ0n) is 12.5. The zero-order chi connectivity index (χ0) is 17.2. The molecule has 0 radical (unpaired) electrons.